The van der Waals surface area contributed by atoms with E-state index in [1.165, 1.54) is 11.6 Å². The van der Waals surface area contributed by atoms with E-state index in [0.29, 0.717) is 16.8 Å². The van der Waals surface area contributed by atoms with Crippen LogP contribution in [0.2, 0.25) is 19.6 Å². The molecule has 0 aliphatic heterocycles. The fourth-order valence-electron chi connectivity index (χ4n) is 5.47. The summed E-state index contributed by atoms with van der Waals surface area (Å²) < 4.78 is 45.8. The molecule has 5 heteroatoms. The number of benzene rings is 4. The zero-order valence-corrected chi connectivity index (χ0v) is 30.6. The third-order valence-corrected chi connectivity index (χ3v) is 9.72. The maximum Gasteiger partial charge on any atom is 0.121 e. The van der Waals surface area contributed by atoms with Crippen molar-refractivity contribution in [2.45, 2.75) is 46.7 Å². The largest absolute Gasteiger partial charge is 0.501 e. The zero-order valence-electron chi connectivity index (χ0n) is 32.2. The van der Waals surface area contributed by atoms with E-state index >= 15 is 0 Å². The van der Waals surface area contributed by atoms with Crippen molar-refractivity contribution in [1.82, 2.24) is 9.97 Å². The molecule has 7 aromatic rings. The number of hydrogen-bond donors (Lipinski definition) is 0. The summed E-state index contributed by atoms with van der Waals surface area (Å²) in [5.74, 6) is -0.172. The predicted octanol–water partition coefficient (Wildman–Crippen LogP) is 10.7. The topological polar surface area (TPSA) is 38.9 Å². The van der Waals surface area contributed by atoms with Gasteiger partial charge >= 0.3 is 0 Å². The first-order valence-corrected chi connectivity index (χ1v) is 19.0. The summed E-state index contributed by atoms with van der Waals surface area (Å²) in [6.07, 6.45) is 2.12. The van der Waals surface area contributed by atoms with Crippen molar-refractivity contribution in [3.05, 3.63) is 139 Å². The number of fused-ring (bicyclic) bond motifs is 3. The molecule has 0 saturated heterocycles. The Labute approximate surface area is 300 Å². The molecule has 3 nitrogen and oxygen atoms in total. The number of pyridine rings is 2. The summed E-state index contributed by atoms with van der Waals surface area (Å²) >= 11 is 0. The maximum absolute atomic E-state index is 8.59. The van der Waals surface area contributed by atoms with Gasteiger partial charge in [-0.05, 0) is 52.1 Å². The molecule has 1 radical (unpaired) electrons. The summed E-state index contributed by atoms with van der Waals surface area (Å²) in [5, 5.41) is 3.22. The summed E-state index contributed by atoms with van der Waals surface area (Å²) in [7, 11) is -1.78. The minimum atomic E-state index is -2.16. The van der Waals surface area contributed by atoms with E-state index in [-0.39, 0.29) is 31.6 Å². The van der Waals surface area contributed by atoms with Crippen LogP contribution in [0.3, 0.4) is 0 Å². The maximum atomic E-state index is 8.59. The molecule has 0 aliphatic rings. The van der Waals surface area contributed by atoms with Crippen molar-refractivity contribution in [2.24, 2.45) is 5.92 Å². The molecule has 0 unspecified atom stereocenters. The average Bonchev–Trinajstić information content (AvgIpc) is 3.50. The van der Waals surface area contributed by atoms with Gasteiger partial charge in [0.15, 0.2) is 0 Å². The van der Waals surface area contributed by atoms with Gasteiger partial charge in [0.05, 0.1) is 13.7 Å². The van der Waals surface area contributed by atoms with Crippen molar-refractivity contribution < 1.29 is 31.4 Å². The fourth-order valence-corrected chi connectivity index (χ4v) is 6.87. The predicted molar refractivity (Wildman–Crippen MR) is 196 cm³/mol. The molecule has 4 aromatic carbocycles. The van der Waals surface area contributed by atoms with Crippen molar-refractivity contribution in [1.29, 1.82) is 0 Å². The second-order valence-corrected chi connectivity index (χ2v) is 17.7. The van der Waals surface area contributed by atoms with Crippen LogP contribution in [-0.4, -0.2) is 18.0 Å². The molecule has 0 atom stereocenters. The van der Waals surface area contributed by atoms with Gasteiger partial charge in [0.2, 0.25) is 0 Å². The smallest absolute Gasteiger partial charge is 0.121 e. The fraction of sp³-hybridized carbons (Fsp3) is 0.190. The summed E-state index contributed by atoms with van der Waals surface area (Å²) in [6.45, 7) is 8.14. The van der Waals surface area contributed by atoms with Crippen molar-refractivity contribution in [3.63, 3.8) is 0 Å². The van der Waals surface area contributed by atoms with E-state index in [4.69, 9.17) is 11.3 Å². The summed E-state index contributed by atoms with van der Waals surface area (Å²) in [6, 6.07) is 39.4. The number of aryl methyl sites for hydroxylation is 1. The summed E-state index contributed by atoms with van der Waals surface area (Å²) in [4.78, 5) is 8.98. The van der Waals surface area contributed by atoms with Gasteiger partial charge in [-0.25, -0.2) is 0 Å². The Hall–Kier alpha value is -4.15. The first-order valence-electron chi connectivity index (χ1n) is 18.0. The molecule has 47 heavy (non-hydrogen) atoms. The van der Waals surface area contributed by atoms with Gasteiger partial charge in [-0.15, -0.1) is 53.6 Å². The number of hydrogen-bond acceptors (Lipinski definition) is 3. The second kappa shape index (κ2) is 14.7. The van der Waals surface area contributed by atoms with Crippen LogP contribution in [0.15, 0.2) is 120 Å². The molecular weight excluding hydrogens is 769 g/mol. The summed E-state index contributed by atoms with van der Waals surface area (Å²) in [5.41, 5.74) is 8.02. The van der Waals surface area contributed by atoms with Crippen LogP contribution in [0.5, 0.6) is 0 Å². The number of rotatable bonds is 6. The Morgan fingerprint density at radius 3 is 2.32 bits per heavy atom. The SMILES string of the molecule is [2H]C([2H])([2H])c1c[c-]c(-c2cc(C([2H])([2H])C(C)C)c([Si](C)(C)C)cn2)cc1.[Ir].[c-]1ccc2c(oc3cc(-c4ccccc4)ccc32)c1-c1ccccn1. The number of aromatic nitrogens is 2. The molecular formula is C42H40IrN2OSi-2. The van der Waals surface area contributed by atoms with Crippen LogP contribution in [0, 0.1) is 24.9 Å². The Bertz CT molecular complexity index is 2280. The molecule has 0 saturated carbocycles. The van der Waals surface area contributed by atoms with Crippen LogP contribution in [-0.2, 0) is 26.5 Å². The molecule has 7 rings (SSSR count). The Morgan fingerprint density at radius 1 is 0.830 bits per heavy atom. The monoisotopic (exact) mass is 814 g/mol. The quantitative estimate of drug-likeness (QED) is 0.124. The van der Waals surface area contributed by atoms with Gasteiger partial charge in [0.1, 0.15) is 5.58 Å². The van der Waals surface area contributed by atoms with E-state index < -0.39 is 21.3 Å². The third-order valence-electron chi connectivity index (χ3n) is 7.71. The van der Waals surface area contributed by atoms with E-state index in [1.54, 1.807) is 24.5 Å². The molecule has 0 N–H and O–H groups in total. The van der Waals surface area contributed by atoms with Crippen molar-refractivity contribution >= 4 is 35.2 Å². The average molecular weight is 814 g/mol. The minimum absolute atomic E-state index is 0. The van der Waals surface area contributed by atoms with Gasteiger partial charge < -0.3 is 14.4 Å². The van der Waals surface area contributed by atoms with Gasteiger partial charge in [-0.3, -0.25) is 0 Å². The molecule has 0 fully saturated rings. The third kappa shape index (κ3) is 7.88. The zero-order chi connectivity index (χ0) is 36.6. The van der Waals surface area contributed by atoms with Gasteiger partial charge in [0.25, 0.3) is 0 Å². The molecule has 0 bridgehead atoms. The minimum Gasteiger partial charge on any atom is -0.501 e. The Balaban J connectivity index is 0.000000197. The number of nitrogens with zero attached hydrogens (tertiary/aromatic N) is 2. The van der Waals surface area contributed by atoms with Crippen LogP contribution in [0.25, 0.3) is 55.6 Å². The Kier molecular flexibility index (Phi) is 8.75. The van der Waals surface area contributed by atoms with Crippen LogP contribution in [0.4, 0.5) is 0 Å². The van der Waals surface area contributed by atoms with Gasteiger partial charge in [0, 0.05) is 44.7 Å². The van der Waals surface area contributed by atoms with Crippen LogP contribution >= 0.6 is 0 Å². The molecule has 0 aliphatic carbocycles. The van der Waals surface area contributed by atoms with Crippen LogP contribution < -0.4 is 5.19 Å². The molecule has 0 spiro atoms. The van der Waals surface area contributed by atoms with E-state index in [1.807, 2.05) is 62.4 Å². The van der Waals surface area contributed by atoms with Gasteiger partial charge in [-0.1, -0.05) is 118 Å². The normalized spacial score (nSPS) is 13.4. The molecule has 239 valence electrons. The van der Waals surface area contributed by atoms with Gasteiger partial charge in [-0.2, -0.15) is 0 Å². The molecule has 0 amide bonds. The first kappa shape index (κ1) is 27.9. The Morgan fingerprint density at radius 2 is 1.64 bits per heavy atom. The van der Waals surface area contributed by atoms with E-state index in [0.717, 1.165) is 43.9 Å². The number of furan rings is 1. The van der Waals surface area contributed by atoms with Crippen LogP contribution in [0.1, 0.15) is 31.8 Å². The van der Waals surface area contributed by atoms with Crippen molar-refractivity contribution in [3.8, 4) is 33.6 Å². The molecule has 3 heterocycles. The van der Waals surface area contributed by atoms with E-state index in [9.17, 15) is 0 Å². The standard InChI is InChI=1S/C23H14NO.C19H26NSi.Ir/c1-2-7-16(8-3-1)17-12-13-18-19-9-6-10-20(21-11-4-5-14-24-21)23(19)25-22(18)15-17;1-14(2)11-17-12-18(16-9-7-15(3)8-10-16)20-13-19(17)21(4,5)6;/h1-9,11-15H;7-9,12-14H,11H2,1-6H3;/q2*-1;/i;3D3,11D2;. The molecule has 3 aromatic heterocycles. The second-order valence-electron chi connectivity index (χ2n) is 12.6. The van der Waals surface area contributed by atoms with E-state index in [2.05, 4.69) is 78.1 Å². The van der Waals surface area contributed by atoms with Crippen molar-refractivity contribution in [2.75, 3.05) is 0 Å². The first-order chi connectivity index (χ1) is 24.1.